The number of rotatable bonds is 4. The zero-order chi connectivity index (χ0) is 17.9. The van der Waals surface area contributed by atoms with Crippen LogP contribution < -0.4 is 5.69 Å². The SMILES string of the molecule is O=C(Cn1cccnc1=O)N1CCCN(S(=O)(=O)c2cccs2)CC1. The number of hydrogen-bond donors (Lipinski definition) is 0. The van der Waals surface area contributed by atoms with Gasteiger partial charge in [-0.25, -0.2) is 18.2 Å². The Morgan fingerprint density at radius 1 is 1.20 bits per heavy atom. The third kappa shape index (κ3) is 3.97. The summed E-state index contributed by atoms with van der Waals surface area (Å²) < 4.78 is 28.2. The van der Waals surface area contributed by atoms with Gasteiger partial charge in [0.1, 0.15) is 10.8 Å². The molecule has 1 aliphatic heterocycles. The topological polar surface area (TPSA) is 92.6 Å². The summed E-state index contributed by atoms with van der Waals surface area (Å²) in [7, 11) is -3.51. The molecule has 0 saturated carbocycles. The van der Waals surface area contributed by atoms with Gasteiger partial charge >= 0.3 is 5.69 Å². The van der Waals surface area contributed by atoms with Crippen molar-refractivity contribution in [2.24, 2.45) is 0 Å². The molecule has 0 unspecified atom stereocenters. The molecule has 0 spiro atoms. The molecule has 3 heterocycles. The van der Waals surface area contributed by atoms with Crippen molar-refractivity contribution in [2.75, 3.05) is 26.2 Å². The minimum atomic E-state index is -3.51. The maximum atomic E-state index is 12.6. The summed E-state index contributed by atoms with van der Waals surface area (Å²) in [5.41, 5.74) is -0.479. The first-order valence-electron chi connectivity index (χ1n) is 7.81. The number of carbonyl (C=O) groups is 1. The molecule has 134 valence electrons. The minimum Gasteiger partial charge on any atom is -0.340 e. The van der Waals surface area contributed by atoms with E-state index >= 15 is 0 Å². The predicted octanol–water partition coefficient (Wildman–Crippen LogP) is 0.228. The molecule has 0 bridgehead atoms. The number of nitrogens with zero attached hydrogens (tertiary/aromatic N) is 4. The predicted molar refractivity (Wildman–Crippen MR) is 92.8 cm³/mol. The zero-order valence-electron chi connectivity index (χ0n) is 13.4. The molecule has 8 nitrogen and oxygen atoms in total. The van der Waals surface area contributed by atoms with Gasteiger partial charge in [-0.1, -0.05) is 6.07 Å². The summed E-state index contributed by atoms with van der Waals surface area (Å²) >= 11 is 1.19. The maximum absolute atomic E-state index is 12.6. The van der Waals surface area contributed by atoms with Gasteiger partial charge in [0.15, 0.2) is 0 Å². The van der Waals surface area contributed by atoms with Gasteiger partial charge in [0, 0.05) is 38.6 Å². The van der Waals surface area contributed by atoms with E-state index in [0.717, 1.165) is 0 Å². The highest BCUT2D eigenvalue weighted by Gasteiger charge is 2.28. The quantitative estimate of drug-likeness (QED) is 0.755. The Morgan fingerprint density at radius 3 is 2.76 bits per heavy atom. The molecule has 1 amide bonds. The third-order valence-corrected chi connectivity index (χ3v) is 7.26. The van der Waals surface area contributed by atoms with Crippen molar-refractivity contribution in [3.8, 4) is 0 Å². The standard InChI is InChI=1S/C15H18N4O4S2/c20-13(12-18-6-2-5-16-15(18)21)17-7-3-8-19(10-9-17)25(22,23)14-4-1-11-24-14/h1-2,4-6,11H,3,7-10,12H2. The molecular formula is C15H18N4O4S2. The van der Waals surface area contributed by atoms with E-state index in [4.69, 9.17) is 0 Å². The highest BCUT2D eigenvalue weighted by atomic mass is 32.2. The van der Waals surface area contributed by atoms with E-state index in [1.165, 1.54) is 32.6 Å². The van der Waals surface area contributed by atoms with Crippen LogP contribution in [0.25, 0.3) is 0 Å². The van der Waals surface area contributed by atoms with Gasteiger partial charge in [0.25, 0.3) is 10.0 Å². The highest BCUT2D eigenvalue weighted by Crippen LogP contribution is 2.22. The van der Waals surface area contributed by atoms with E-state index in [9.17, 15) is 18.0 Å². The lowest BCUT2D eigenvalue weighted by molar-refractivity contribution is -0.131. The largest absolute Gasteiger partial charge is 0.347 e. The van der Waals surface area contributed by atoms with E-state index in [1.807, 2.05) is 0 Å². The van der Waals surface area contributed by atoms with Crippen LogP contribution in [0.5, 0.6) is 0 Å². The first-order chi connectivity index (χ1) is 12.0. The lowest BCUT2D eigenvalue weighted by Gasteiger charge is -2.21. The summed E-state index contributed by atoms with van der Waals surface area (Å²) in [6.07, 6.45) is 3.44. The van der Waals surface area contributed by atoms with Crippen molar-refractivity contribution >= 4 is 27.3 Å². The number of carbonyl (C=O) groups excluding carboxylic acids is 1. The Morgan fingerprint density at radius 2 is 2.04 bits per heavy atom. The van der Waals surface area contributed by atoms with Crippen LogP contribution in [0.2, 0.25) is 0 Å². The van der Waals surface area contributed by atoms with Gasteiger partial charge < -0.3 is 4.90 Å². The number of amides is 1. The van der Waals surface area contributed by atoms with E-state index in [-0.39, 0.29) is 19.0 Å². The Hall–Kier alpha value is -2.04. The van der Waals surface area contributed by atoms with Gasteiger partial charge in [-0.05, 0) is 23.9 Å². The highest BCUT2D eigenvalue weighted by molar-refractivity contribution is 7.91. The summed E-state index contributed by atoms with van der Waals surface area (Å²) in [6, 6.07) is 4.88. The van der Waals surface area contributed by atoms with Crippen LogP contribution in [0.1, 0.15) is 6.42 Å². The molecule has 1 aliphatic rings. The summed E-state index contributed by atoms with van der Waals surface area (Å²) in [4.78, 5) is 29.3. The van der Waals surface area contributed by atoms with Crippen LogP contribution in [0.15, 0.2) is 45.0 Å². The fourth-order valence-electron chi connectivity index (χ4n) is 2.67. The van der Waals surface area contributed by atoms with Crippen LogP contribution in [-0.4, -0.2) is 59.3 Å². The first-order valence-corrected chi connectivity index (χ1v) is 10.1. The Balaban J connectivity index is 1.66. The fraction of sp³-hybridized carbons (Fsp3) is 0.400. The van der Waals surface area contributed by atoms with E-state index < -0.39 is 15.7 Å². The molecule has 2 aromatic rings. The molecule has 0 aliphatic carbocycles. The molecule has 3 rings (SSSR count). The number of thiophene rings is 1. The molecule has 0 radical (unpaired) electrons. The van der Waals surface area contributed by atoms with Gasteiger partial charge in [-0.2, -0.15) is 4.31 Å². The van der Waals surface area contributed by atoms with Crippen molar-refractivity contribution in [1.29, 1.82) is 0 Å². The molecule has 25 heavy (non-hydrogen) atoms. The summed E-state index contributed by atoms with van der Waals surface area (Å²) in [5.74, 6) is -0.217. The van der Waals surface area contributed by atoms with Crippen molar-refractivity contribution in [3.05, 3.63) is 46.5 Å². The van der Waals surface area contributed by atoms with Crippen LogP contribution in [0, 0.1) is 0 Å². The van der Waals surface area contributed by atoms with Crippen LogP contribution in [0.4, 0.5) is 0 Å². The number of aromatic nitrogens is 2. The van der Waals surface area contributed by atoms with Gasteiger partial charge in [0.05, 0.1) is 0 Å². The smallest absolute Gasteiger partial charge is 0.340 e. The molecule has 1 saturated heterocycles. The maximum Gasteiger partial charge on any atom is 0.347 e. The van der Waals surface area contributed by atoms with E-state index in [1.54, 1.807) is 28.5 Å². The van der Waals surface area contributed by atoms with Crippen molar-refractivity contribution in [2.45, 2.75) is 17.2 Å². The molecule has 0 aromatic carbocycles. The lowest BCUT2D eigenvalue weighted by atomic mass is 10.4. The van der Waals surface area contributed by atoms with Crippen LogP contribution >= 0.6 is 11.3 Å². The number of sulfonamides is 1. The van der Waals surface area contributed by atoms with Crippen LogP contribution in [0.3, 0.4) is 0 Å². The minimum absolute atomic E-state index is 0.0929. The Kier molecular flexibility index (Phi) is 5.30. The Labute approximate surface area is 149 Å². The Bertz CT molecular complexity index is 892. The average molecular weight is 382 g/mol. The second-order valence-corrected chi connectivity index (χ2v) is 8.71. The monoisotopic (exact) mass is 382 g/mol. The summed E-state index contributed by atoms with van der Waals surface area (Å²) in [5, 5.41) is 1.73. The normalized spacial score (nSPS) is 16.6. The van der Waals surface area contributed by atoms with Crippen molar-refractivity contribution in [1.82, 2.24) is 18.8 Å². The molecule has 2 aromatic heterocycles. The third-order valence-electron chi connectivity index (χ3n) is 3.99. The second kappa shape index (κ2) is 7.46. The zero-order valence-corrected chi connectivity index (χ0v) is 15.1. The van der Waals surface area contributed by atoms with E-state index in [2.05, 4.69) is 4.98 Å². The second-order valence-electron chi connectivity index (χ2n) is 5.60. The number of hydrogen-bond acceptors (Lipinski definition) is 6. The van der Waals surface area contributed by atoms with Crippen molar-refractivity contribution < 1.29 is 13.2 Å². The molecule has 1 fully saturated rings. The first kappa shape index (κ1) is 17.8. The summed E-state index contributed by atoms with van der Waals surface area (Å²) in [6.45, 7) is 1.29. The van der Waals surface area contributed by atoms with Gasteiger partial charge in [-0.3, -0.25) is 9.36 Å². The van der Waals surface area contributed by atoms with Crippen LogP contribution in [-0.2, 0) is 21.4 Å². The average Bonchev–Trinajstić information content (AvgIpc) is 3.02. The van der Waals surface area contributed by atoms with Gasteiger partial charge in [-0.15, -0.1) is 11.3 Å². The molecule has 0 atom stereocenters. The van der Waals surface area contributed by atoms with Gasteiger partial charge in [0.2, 0.25) is 5.91 Å². The molecule has 10 heteroatoms. The fourth-order valence-corrected chi connectivity index (χ4v) is 5.29. The lowest BCUT2D eigenvalue weighted by Crippen LogP contribution is -2.40. The molecule has 0 N–H and O–H groups in total. The molecular weight excluding hydrogens is 364 g/mol. The van der Waals surface area contributed by atoms with Crippen molar-refractivity contribution in [3.63, 3.8) is 0 Å². The van der Waals surface area contributed by atoms with E-state index in [0.29, 0.717) is 30.3 Å².